The molecule has 1 heterocycles. The quantitative estimate of drug-likeness (QED) is 0.853. The van der Waals surface area contributed by atoms with Crippen LogP contribution in [-0.2, 0) is 0 Å². The zero-order valence-electron chi connectivity index (χ0n) is 8.74. The Labute approximate surface area is 94.9 Å². The van der Waals surface area contributed by atoms with Gasteiger partial charge in [0.25, 0.3) is 0 Å². The van der Waals surface area contributed by atoms with Gasteiger partial charge in [0.1, 0.15) is 11.3 Å². The van der Waals surface area contributed by atoms with Crippen molar-refractivity contribution in [1.29, 1.82) is 0 Å². The molecule has 17 heavy (non-hydrogen) atoms. The lowest BCUT2D eigenvalue weighted by Gasteiger charge is -2.09. The topological polar surface area (TPSA) is 67.8 Å². The highest BCUT2D eigenvalue weighted by Gasteiger charge is 2.28. The number of halogens is 2. The van der Waals surface area contributed by atoms with Crippen molar-refractivity contribution in [3.63, 3.8) is 0 Å². The lowest BCUT2D eigenvalue weighted by molar-refractivity contribution is -0.0493. The number of ether oxygens (including phenoxy) is 2. The summed E-state index contributed by atoms with van der Waals surface area (Å²) in [5, 5.41) is 11.6. The lowest BCUT2D eigenvalue weighted by atomic mass is 10.1. The summed E-state index contributed by atoms with van der Waals surface area (Å²) in [7, 11) is 0. The molecule has 0 bridgehead atoms. The van der Waals surface area contributed by atoms with E-state index < -0.39 is 18.8 Å². The van der Waals surface area contributed by atoms with Gasteiger partial charge in [-0.15, -0.1) is 0 Å². The standard InChI is InChI=1S/C10H9F2NO4/c1-4-13-7-6(17-10(11)12)3-2-5(9(14)15)8(7)16-4/h2-4,10,13H,1H3,(H,14,15). The van der Waals surface area contributed by atoms with Gasteiger partial charge in [0, 0.05) is 0 Å². The Balaban J connectivity index is 2.46. The molecule has 5 nitrogen and oxygen atoms in total. The van der Waals surface area contributed by atoms with Crippen LogP contribution < -0.4 is 14.8 Å². The van der Waals surface area contributed by atoms with Crippen molar-refractivity contribution < 1.29 is 28.2 Å². The fourth-order valence-corrected chi connectivity index (χ4v) is 1.60. The Hall–Kier alpha value is -2.05. The molecular formula is C10H9F2NO4. The maximum atomic E-state index is 12.1. The van der Waals surface area contributed by atoms with Gasteiger partial charge in [-0.1, -0.05) is 0 Å². The number of anilines is 1. The van der Waals surface area contributed by atoms with Crippen LogP contribution in [0.2, 0.25) is 0 Å². The molecule has 0 saturated carbocycles. The van der Waals surface area contributed by atoms with Crippen LogP contribution in [0, 0.1) is 0 Å². The van der Waals surface area contributed by atoms with E-state index in [1.807, 2.05) is 0 Å². The first-order valence-electron chi connectivity index (χ1n) is 4.77. The van der Waals surface area contributed by atoms with Crippen molar-refractivity contribution in [2.24, 2.45) is 0 Å². The second-order valence-corrected chi connectivity index (χ2v) is 3.40. The monoisotopic (exact) mass is 245 g/mol. The Kier molecular flexibility index (Phi) is 2.74. The summed E-state index contributed by atoms with van der Waals surface area (Å²) in [5.74, 6) is -1.31. The van der Waals surface area contributed by atoms with E-state index in [1.165, 1.54) is 12.1 Å². The summed E-state index contributed by atoms with van der Waals surface area (Å²) < 4.78 is 33.8. The average molecular weight is 245 g/mol. The summed E-state index contributed by atoms with van der Waals surface area (Å²) in [6.07, 6.45) is -0.495. The first-order chi connectivity index (χ1) is 7.99. The van der Waals surface area contributed by atoms with Crippen molar-refractivity contribution in [3.05, 3.63) is 17.7 Å². The molecule has 0 spiro atoms. The molecule has 1 aliphatic rings. The minimum absolute atomic E-state index is 0.0168. The highest BCUT2D eigenvalue weighted by atomic mass is 19.3. The summed E-state index contributed by atoms with van der Waals surface area (Å²) >= 11 is 0. The van der Waals surface area contributed by atoms with Crippen LogP contribution in [0.3, 0.4) is 0 Å². The first kappa shape index (κ1) is 11.4. The number of hydrogen-bond donors (Lipinski definition) is 2. The molecule has 0 radical (unpaired) electrons. The highest BCUT2D eigenvalue weighted by Crippen LogP contribution is 2.43. The zero-order valence-corrected chi connectivity index (χ0v) is 8.74. The first-order valence-corrected chi connectivity index (χ1v) is 4.77. The highest BCUT2D eigenvalue weighted by molar-refractivity contribution is 5.95. The zero-order chi connectivity index (χ0) is 12.6. The number of nitrogens with one attached hydrogen (secondary N) is 1. The number of hydrogen-bond acceptors (Lipinski definition) is 4. The van der Waals surface area contributed by atoms with Crippen LogP contribution in [-0.4, -0.2) is 23.9 Å². The van der Waals surface area contributed by atoms with Crippen LogP contribution in [0.4, 0.5) is 14.5 Å². The lowest BCUT2D eigenvalue weighted by Crippen LogP contribution is -2.14. The smallest absolute Gasteiger partial charge is 0.387 e. The molecule has 92 valence electrons. The molecular weight excluding hydrogens is 236 g/mol. The van der Waals surface area contributed by atoms with Crippen LogP contribution in [0.15, 0.2) is 12.1 Å². The maximum Gasteiger partial charge on any atom is 0.387 e. The van der Waals surface area contributed by atoms with E-state index in [4.69, 9.17) is 9.84 Å². The molecule has 0 saturated heterocycles. The Bertz CT molecular complexity index is 464. The van der Waals surface area contributed by atoms with Crippen molar-refractivity contribution in [3.8, 4) is 11.5 Å². The molecule has 0 fully saturated rings. The van der Waals surface area contributed by atoms with Crippen molar-refractivity contribution in [1.82, 2.24) is 0 Å². The molecule has 2 N–H and O–H groups in total. The van der Waals surface area contributed by atoms with Gasteiger partial charge >= 0.3 is 12.6 Å². The third-order valence-electron chi connectivity index (χ3n) is 2.21. The van der Waals surface area contributed by atoms with Gasteiger partial charge in [-0.2, -0.15) is 8.78 Å². The van der Waals surface area contributed by atoms with E-state index in [0.29, 0.717) is 0 Å². The normalized spacial score (nSPS) is 17.3. The molecule has 1 aromatic rings. The fourth-order valence-electron chi connectivity index (χ4n) is 1.60. The predicted molar refractivity (Wildman–Crippen MR) is 53.7 cm³/mol. The summed E-state index contributed by atoms with van der Waals surface area (Å²) in [4.78, 5) is 10.9. The van der Waals surface area contributed by atoms with E-state index in [2.05, 4.69) is 10.1 Å². The maximum absolute atomic E-state index is 12.1. The van der Waals surface area contributed by atoms with E-state index in [0.717, 1.165) is 0 Å². The van der Waals surface area contributed by atoms with Gasteiger partial charge < -0.3 is 19.9 Å². The summed E-state index contributed by atoms with van der Waals surface area (Å²) in [6.45, 7) is -1.36. The summed E-state index contributed by atoms with van der Waals surface area (Å²) in [5.41, 5.74) is 0.0381. The number of fused-ring (bicyclic) bond motifs is 1. The Morgan fingerprint density at radius 3 is 2.88 bits per heavy atom. The van der Waals surface area contributed by atoms with Crippen LogP contribution >= 0.6 is 0 Å². The fraction of sp³-hybridized carbons (Fsp3) is 0.300. The van der Waals surface area contributed by atoms with Crippen LogP contribution in [0.1, 0.15) is 17.3 Å². The molecule has 7 heteroatoms. The predicted octanol–water partition coefficient (Wildman–Crippen LogP) is 2.14. The molecule has 1 aliphatic heterocycles. The molecule has 1 atom stereocenters. The number of rotatable bonds is 3. The van der Waals surface area contributed by atoms with Gasteiger partial charge in [-0.05, 0) is 19.1 Å². The average Bonchev–Trinajstić information content (AvgIpc) is 2.58. The second kappa shape index (κ2) is 4.08. The third kappa shape index (κ3) is 2.08. The third-order valence-corrected chi connectivity index (χ3v) is 2.21. The van der Waals surface area contributed by atoms with Crippen LogP contribution in [0.25, 0.3) is 0 Å². The number of alkyl halides is 2. The molecule has 0 amide bonds. The Morgan fingerprint density at radius 2 is 2.29 bits per heavy atom. The largest absolute Gasteiger partial charge is 0.478 e. The number of carbonyl (C=O) groups is 1. The molecule has 0 aliphatic carbocycles. The minimum atomic E-state index is -2.98. The van der Waals surface area contributed by atoms with Crippen molar-refractivity contribution in [2.75, 3.05) is 5.32 Å². The molecule has 1 aromatic carbocycles. The van der Waals surface area contributed by atoms with E-state index in [1.54, 1.807) is 6.92 Å². The number of carboxylic acids is 1. The van der Waals surface area contributed by atoms with Gasteiger partial charge in [-0.25, -0.2) is 4.79 Å². The van der Waals surface area contributed by atoms with Gasteiger partial charge in [-0.3, -0.25) is 0 Å². The van der Waals surface area contributed by atoms with E-state index in [-0.39, 0.29) is 22.7 Å². The van der Waals surface area contributed by atoms with Gasteiger partial charge in [0.2, 0.25) is 0 Å². The number of benzene rings is 1. The number of aromatic carboxylic acids is 1. The van der Waals surface area contributed by atoms with E-state index >= 15 is 0 Å². The van der Waals surface area contributed by atoms with Crippen LogP contribution in [0.5, 0.6) is 11.5 Å². The van der Waals surface area contributed by atoms with Gasteiger partial charge in [0.05, 0.1) is 0 Å². The number of carboxylic acid groups (broad SMARTS) is 1. The van der Waals surface area contributed by atoms with E-state index in [9.17, 15) is 13.6 Å². The summed E-state index contributed by atoms with van der Waals surface area (Å²) in [6, 6.07) is 2.33. The minimum Gasteiger partial charge on any atom is -0.478 e. The molecule has 0 aromatic heterocycles. The SMILES string of the molecule is CC1Nc2c(OC(F)F)ccc(C(=O)O)c2O1. The molecule has 1 unspecified atom stereocenters. The second-order valence-electron chi connectivity index (χ2n) is 3.40. The van der Waals surface area contributed by atoms with Crippen molar-refractivity contribution >= 4 is 11.7 Å². The van der Waals surface area contributed by atoms with Crippen molar-refractivity contribution in [2.45, 2.75) is 19.8 Å². The molecule has 2 rings (SSSR count). The Morgan fingerprint density at radius 1 is 1.59 bits per heavy atom. The van der Waals surface area contributed by atoms with Gasteiger partial charge in [0.15, 0.2) is 17.7 Å².